The zero-order valence-corrected chi connectivity index (χ0v) is 10.2. The Morgan fingerprint density at radius 1 is 1.41 bits per heavy atom. The lowest BCUT2D eigenvalue weighted by molar-refractivity contribution is -0.141. The third-order valence-electron chi connectivity index (χ3n) is 2.88. The average Bonchev–Trinajstić information content (AvgIpc) is 2.68. The number of hydrogen-bond acceptors (Lipinski definition) is 5. The normalized spacial score (nSPS) is 27.5. The summed E-state index contributed by atoms with van der Waals surface area (Å²) in [7, 11) is 1.58. The van der Waals surface area contributed by atoms with Gasteiger partial charge in [0.1, 0.15) is 6.10 Å². The topological polar surface area (TPSA) is 61.8 Å². The molecule has 3 atom stereocenters. The van der Waals surface area contributed by atoms with Crippen LogP contribution >= 0.6 is 0 Å². The van der Waals surface area contributed by atoms with Crippen LogP contribution in [0.4, 0.5) is 0 Å². The highest BCUT2D eigenvalue weighted by Gasteiger charge is 2.36. The Morgan fingerprint density at radius 3 is 2.59 bits per heavy atom. The maximum Gasteiger partial charge on any atom is 0.333 e. The highest BCUT2D eigenvalue weighted by Crippen LogP contribution is 2.30. The molecule has 1 rings (SSSR count). The number of rotatable bonds is 6. The minimum absolute atomic E-state index is 0.117. The van der Waals surface area contributed by atoms with Crippen LogP contribution < -0.4 is 0 Å². The number of carbonyl (C=O) groups is 2. The van der Waals surface area contributed by atoms with Gasteiger partial charge >= 0.3 is 5.97 Å². The van der Waals surface area contributed by atoms with E-state index in [1.807, 2.05) is 0 Å². The summed E-state index contributed by atoms with van der Waals surface area (Å²) in [5, 5.41) is 0. The summed E-state index contributed by atoms with van der Waals surface area (Å²) in [5.41, 5.74) is 0.381. The van der Waals surface area contributed by atoms with Gasteiger partial charge in [-0.05, 0) is 25.7 Å². The SMILES string of the molecule is C=C(C)C(=O)OCC1CC(OC)C(OC=O)C1. The molecule has 0 heterocycles. The van der Waals surface area contributed by atoms with Gasteiger partial charge in [-0.2, -0.15) is 0 Å². The van der Waals surface area contributed by atoms with E-state index in [0.717, 1.165) is 6.42 Å². The van der Waals surface area contributed by atoms with Crippen molar-refractivity contribution in [3.05, 3.63) is 12.2 Å². The molecule has 1 aliphatic rings. The van der Waals surface area contributed by atoms with Crippen LogP contribution in [0.25, 0.3) is 0 Å². The van der Waals surface area contributed by atoms with Crippen LogP contribution in [0.3, 0.4) is 0 Å². The molecule has 0 aromatic carbocycles. The van der Waals surface area contributed by atoms with Crippen molar-refractivity contribution in [2.45, 2.75) is 32.0 Å². The van der Waals surface area contributed by atoms with Gasteiger partial charge in [0.25, 0.3) is 6.47 Å². The van der Waals surface area contributed by atoms with Crippen molar-refractivity contribution in [3.63, 3.8) is 0 Å². The quantitative estimate of drug-likeness (QED) is 0.396. The molecule has 1 fully saturated rings. The molecular weight excluding hydrogens is 224 g/mol. The van der Waals surface area contributed by atoms with E-state index in [4.69, 9.17) is 14.2 Å². The van der Waals surface area contributed by atoms with E-state index >= 15 is 0 Å². The van der Waals surface area contributed by atoms with Gasteiger partial charge in [0, 0.05) is 12.7 Å². The van der Waals surface area contributed by atoms with Gasteiger partial charge in [-0.3, -0.25) is 4.79 Å². The van der Waals surface area contributed by atoms with Crippen molar-refractivity contribution < 1.29 is 23.8 Å². The monoisotopic (exact) mass is 242 g/mol. The van der Waals surface area contributed by atoms with Crippen LogP contribution in [0.2, 0.25) is 0 Å². The highest BCUT2D eigenvalue weighted by atomic mass is 16.6. The van der Waals surface area contributed by atoms with E-state index in [-0.39, 0.29) is 18.1 Å². The van der Waals surface area contributed by atoms with Gasteiger partial charge in [0.05, 0.1) is 12.7 Å². The van der Waals surface area contributed by atoms with Gasteiger partial charge in [-0.25, -0.2) is 4.79 Å². The van der Waals surface area contributed by atoms with Crippen molar-refractivity contribution in [2.24, 2.45) is 5.92 Å². The van der Waals surface area contributed by atoms with E-state index in [0.29, 0.717) is 25.1 Å². The third-order valence-corrected chi connectivity index (χ3v) is 2.88. The first kappa shape index (κ1) is 13.7. The van der Waals surface area contributed by atoms with Gasteiger partial charge < -0.3 is 14.2 Å². The van der Waals surface area contributed by atoms with Crippen LogP contribution in [-0.2, 0) is 23.8 Å². The van der Waals surface area contributed by atoms with Gasteiger partial charge in [0.15, 0.2) is 0 Å². The molecule has 3 unspecified atom stereocenters. The molecule has 0 aromatic rings. The van der Waals surface area contributed by atoms with Crippen molar-refractivity contribution in [2.75, 3.05) is 13.7 Å². The minimum atomic E-state index is -0.390. The molecule has 0 N–H and O–H groups in total. The van der Waals surface area contributed by atoms with E-state index < -0.39 is 5.97 Å². The molecule has 1 saturated carbocycles. The smallest absolute Gasteiger partial charge is 0.333 e. The van der Waals surface area contributed by atoms with E-state index in [2.05, 4.69) is 6.58 Å². The lowest BCUT2D eigenvalue weighted by Crippen LogP contribution is -2.24. The highest BCUT2D eigenvalue weighted by molar-refractivity contribution is 5.86. The first-order chi connectivity index (χ1) is 8.08. The van der Waals surface area contributed by atoms with Gasteiger partial charge in [0.2, 0.25) is 0 Å². The number of ether oxygens (including phenoxy) is 3. The molecule has 0 amide bonds. The number of carbonyl (C=O) groups excluding carboxylic acids is 2. The molecule has 0 bridgehead atoms. The van der Waals surface area contributed by atoms with Crippen molar-refractivity contribution >= 4 is 12.4 Å². The number of esters is 1. The fraction of sp³-hybridized carbons (Fsp3) is 0.667. The Balaban J connectivity index is 2.39. The maximum absolute atomic E-state index is 11.2. The molecule has 0 aromatic heterocycles. The Kier molecular flexibility index (Phi) is 5.15. The number of methoxy groups -OCH3 is 1. The second-order valence-electron chi connectivity index (χ2n) is 4.26. The zero-order valence-electron chi connectivity index (χ0n) is 10.2. The van der Waals surface area contributed by atoms with Crippen molar-refractivity contribution in [3.8, 4) is 0 Å². The van der Waals surface area contributed by atoms with E-state index in [1.54, 1.807) is 14.0 Å². The zero-order chi connectivity index (χ0) is 12.8. The first-order valence-corrected chi connectivity index (χ1v) is 5.53. The molecule has 0 aliphatic heterocycles. The Labute approximate surface area is 101 Å². The fourth-order valence-corrected chi connectivity index (χ4v) is 1.97. The third kappa shape index (κ3) is 3.85. The number of hydrogen-bond donors (Lipinski definition) is 0. The average molecular weight is 242 g/mol. The van der Waals surface area contributed by atoms with Crippen LogP contribution in [0.1, 0.15) is 19.8 Å². The van der Waals surface area contributed by atoms with Crippen LogP contribution in [0.5, 0.6) is 0 Å². The molecule has 0 radical (unpaired) electrons. The molecule has 1 aliphatic carbocycles. The van der Waals surface area contributed by atoms with E-state index in [9.17, 15) is 9.59 Å². The summed E-state index contributed by atoms with van der Waals surface area (Å²) in [5.74, 6) is -0.230. The largest absolute Gasteiger partial charge is 0.462 e. The summed E-state index contributed by atoms with van der Waals surface area (Å²) >= 11 is 0. The van der Waals surface area contributed by atoms with Crippen LogP contribution in [0.15, 0.2) is 12.2 Å². The fourth-order valence-electron chi connectivity index (χ4n) is 1.97. The van der Waals surface area contributed by atoms with Crippen molar-refractivity contribution in [1.82, 2.24) is 0 Å². The molecule has 0 saturated heterocycles. The summed E-state index contributed by atoms with van der Waals surface area (Å²) in [6.07, 6.45) is 1.01. The predicted octanol–water partition coefficient (Wildman–Crippen LogP) is 1.07. The summed E-state index contributed by atoms with van der Waals surface area (Å²) in [6.45, 7) is 5.85. The maximum atomic E-state index is 11.2. The lowest BCUT2D eigenvalue weighted by atomic mass is 10.1. The minimum Gasteiger partial charge on any atom is -0.462 e. The lowest BCUT2D eigenvalue weighted by Gasteiger charge is -2.15. The summed E-state index contributed by atoms with van der Waals surface area (Å²) in [6, 6.07) is 0. The Morgan fingerprint density at radius 2 is 2.06 bits per heavy atom. The Hall–Kier alpha value is -1.36. The second kappa shape index (κ2) is 6.39. The predicted molar refractivity (Wildman–Crippen MR) is 60.2 cm³/mol. The van der Waals surface area contributed by atoms with Crippen LogP contribution in [0, 0.1) is 5.92 Å². The molecular formula is C12H18O5. The standard InChI is InChI=1S/C12H18O5/c1-8(2)12(14)16-6-9-4-10(15-3)11(5-9)17-7-13/h7,9-11H,1,4-6H2,2-3H3. The molecule has 17 heavy (non-hydrogen) atoms. The van der Waals surface area contributed by atoms with Crippen molar-refractivity contribution in [1.29, 1.82) is 0 Å². The molecule has 0 spiro atoms. The van der Waals surface area contributed by atoms with Gasteiger partial charge in [-0.1, -0.05) is 6.58 Å². The van der Waals surface area contributed by atoms with Crippen LogP contribution in [-0.4, -0.2) is 38.4 Å². The first-order valence-electron chi connectivity index (χ1n) is 5.53. The molecule has 5 nitrogen and oxygen atoms in total. The summed E-state index contributed by atoms with van der Waals surface area (Å²) in [4.78, 5) is 21.5. The second-order valence-corrected chi connectivity index (χ2v) is 4.26. The van der Waals surface area contributed by atoms with E-state index in [1.165, 1.54) is 0 Å². The summed E-state index contributed by atoms with van der Waals surface area (Å²) < 4.78 is 15.2. The Bertz CT molecular complexity index is 299. The molecule has 5 heteroatoms. The van der Waals surface area contributed by atoms with Gasteiger partial charge in [-0.15, -0.1) is 0 Å². The molecule has 96 valence electrons.